The second-order valence-corrected chi connectivity index (χ2v) is 6.23. The fourth-order valence-electron chi connectivity index (χ4n) is 2.97. The Hall–Kier alpha value is -1.85. The van der Waals surface area contributed by atoms with Gasteiger partial charge in [-0.25, -0.2) is 0 Å². The fraction of sp³-hybridized carbons (Fsp3) is 0.389. The Labute approximate surface area is 142 Å². The van der Waals surface area contributed by atoms with E-state index in [-0.39, 0.29) is 6.04 Å². The molecule has 1 fully saturated rings. The van der Waals surface area contributed by atoms with Gasteiger partial charge in [0.1, 0.15) is 5.76 Å². The molecular weight excluding hydrogens is 306 g/mol. The maximum atomic E-state index is 5.62. The molecule has 0 spiro atoms. The van der Waals surface area contributed by atoms with Crippen LogP contribution in [0.15, 0.2) is 53.1 Å². The van der Waals surface area contributed by atoms with Crippen LogP contribution in [0.4, 0.5) is 0 Å². The molecule has 0 bridgehead atoms. The third kappa shape index (κ3) is 4.56. The Kier molecular flexibility index (Phi) is 5.66. The van der Waals surface area contributed by atoms with Crippen LogP contribution >= 0.6 is 12.2 Å². The first kappa shape index (κ1) is 16.0. The molecule has 2 aromatic rings. The van der Waals surface area contributed by atoms with E-state index in [0.29, 0.717) is 5.11 Å². The maximum Gasteiger partial charge on any atom is 0.166 e. The predicted octanol–water partition coefficient (Wildman–Crippen LogP) is 3.08. The van der Waals surface area contributed by atoms with Crippen molar-refractivity contribution in [1.29, 1.82) is 0 Å². The number of nitrogens with one attached hydrogen (secondary N) is 2. The number of furan rings is 1. The molecule has 122 valence electrons. The largest absolute Gasteiger partial charge is 0.468 e. The molecule has 0 radical (unpaired) electrons. The van der Waals surface area contributed by atoms with Gasteiger partial charge < -0.3 is 15.1 Å². The average molecular weight is 329 g/mol. The van der Waals surface area contributed by atoms with Crippen LogP contribution in [0, 0.1) is 0 Å². The Morgan fingerprint density at radius 2 is 1.87 bits per heavy atom. The highest BCUT2D eigenvalue weighted by molar-refractivity contribution is 7.80. The van der Waals surface area contributed by atoms with Crippen LogP contribution < -0.4 is 10.6 Å². The van der Waals surface area contributed by atoms with Crippen LogP contribution in [0.2, 0.25) is 0 Å². The van der Waals surface area contributed by atoms with Crippen molar-refractivity contribution >= 4 is 17.3 Å². The second kappa shape index (κ2) is 8.13. The van der Waals surface area contributed by atoms with Crippen LogP contribution in [-0.2, 0) is 6.54 Å². The van der Waals surface area contributed by atoms with Crippen LogP contribution in [-0.4, -0.2) is 29.6 Å². The first-order valence-corrected chi connectivity index (χ1v) is 8.57. The maximum absolute atomic E-state index is 5.62. The summed E-state index contributed by atoms with van der Waals surface area (Å²) in [5.41, 5.74) is 1.22. The van der Waals surface area contributed by atoms with Gasteiger partial charge in [0.25, 0.3) is 0 Å². The number of thiocarbonyl (C=S) groups is 1. The monoisotopic (exact) mass is 329 g/mol. The molecule has 5 heteroatoms. The molecule has 1 aromatic carbocycles. The number of nitrogens with zero attached hydrogens (tertiary/aromatic N) is 1. The SMILES string of the molecule is S=C(NCc1ccccc1)NC[C@H](c1ccco1)N1CCCC1. The fourth-order valence-corrected chi connectivity index (χ4v) is 3.13. The van der Waals surface area contributed by atoms with Crippen molar-refractivity contribution in [1.82, 2.24) is 15.5 Å². The zero-order valence-corrected chi connectivity index (χ0v) is 14.0. The minimum Gasteiger partial charge on any atom is -0.468 e. The van der Waals surface area contributed by atoms with Gasteiger partial charge in [-0.3, -0.25) is 4.90 Å². The molecule has 0 aliphatic carbocycles. The van der Waals surface area contributed by atoms with Crippen molar-refractivity contribution < 1.29 is 4.42 Å². The molecular formula is C18H23N3OS. The molecule has 0 unspecified atom stereocenters. The third-order valence-electron chi connectivity index (χ3n) is 4.20. The van der Waals surface area contributed by atoms with Crippen LogP contribution in [0.3, 0.4) is 0 Å². The van der Waals surface area contributed by atoms with E-state index in [1.165, 1.54) is 18.4 Å². The smallest absolute Gasteiger partial charge is 0.166 e. The Balaban J connectivity index is 1.51. The van der Waals surface area contributed by atoms with E-state index in [1.54, 1.807) is 6.26 Å². The summed E-state index contributed by atoms with van der Waals surface area (Å²) in [4.78, 5) is 2.46. The van der Waals surface area contributed by atoms with Gasteiger partial charge in [-0.1, -0.05) is 30.3 Å². The Bertz CT molecular complexity index is 594. The summed E-state index contributed by atoms with van der Waals surface area (Å²) >= 11 is 5.40. The average Bonchev–Trinajstić information content (AvgIpc) is 3.28. The van der Waals surface area contributed by atoms with Gasteiger partial charge >= 0.3 is 0 Å². The minimum absolute atomic E-state index is 0.240. The zero-order chi connectivity index (χ0) is 15.9. The second-order valence-electron chi connectivity index (χ2n) is 5.82. The van der Waals surface area contributed by atoms with E-state index < -0.39 is 0 Å². The van der Waals surface area contributed by atoms with Gasteiger partial charge in [-0.15, -0.1) is 0 Å². The molecule has 0 amide bonds. The summed E-state index contributed by atoms with van der Waals surface area (Å²) in [7, 11) is 0. The molecule has 1 aliphatic heterocycles. The zero-order valence-electron chi connectivity index (χ0n) is 13.2. The number of hydrogen-bond acceptors (Lipinski definition) is 3. The minimum atomic E-state index is 0.240. The summed E-state index contributed by atoms with van der Waals surface area (Å²) < 4.78 is 5.62. The van der Waals surface area contributed by atoms with Gasteiger partial charge in [0.05, 0.1) is 12.3 Å². The molecule has 1 aliphatic rings. The first-order chi connectivity index (χ1) is 11.3. The van der Waals surface area contributed by atoms with E-state index in [9.17, 15) is 0 Å². The highest BCUT2D eigenvalue weighted by Crippen LogP contribution is 2.24. The number of hydrogen-bond donors (Lipinski definition) is 2. The van der Waals surface area contributed by atoms with Gasteiger partial charge in [-0.2, -0.15) is 0 Å². The van der Waals surface area contributed by atoms with Gasteiger partial charge in [0.15, 0.2) is 5.11 Å². The topological polar surface area (TPSA) is 40.4 Å². The van der Waals surface area contributed by atoms with Crippen molar-refractivity contribution in [2.24, 2.45) is 0 Å². The lowest BCUT2D eigenvalue weighted by Crippen LogP contribution is -2.41. The molecule has 1 atom stereocenters. The molecule has 2 heterocycles. The van der Waals surface area contributed by atoms with E-state index >= 15 is 0 Å². The molecule has 0 saturated carbocycles. The molecule has 4 nitrogen and oxygen atoms in total. The summed E-state index contributed by atoms with van der Waals surface area (Å²) in [5.74, 6) is 1.00. The number of rotatable bonds is 6. The standard InChI is InChI=1S/C18H23N3OS/c23-18(19-13-15-7-2-1-3-8-15)20-14-16(17-9-6-12-22-17)21-10-4-5-11-21/h1-3,6-9,12,16H,4-5,10-11,13-14H2,(H2,19,20,23)/t16-/m1/s1. The summed E-state index contributed by atoms with van der Waals surface area (Å²) in [6, 6.07) is 14.5. The van der Waals surface area contributed by atoms with Crippen LogP contribution in [0.1, 0.15) is 30.2 Å². The van der Waals surface area contributed by atoms with Crippen LogP contribution in [0.25, 0.3) is 0 Å². The summed E-state index contributed by atoms with van der Waals surface area (Å²) in [6.07, 6.45) is 4.26. The van der Waals surface area contributed by atoms with Crippen molar-refractivity contribution in [3.05, 3.63) is 60.1 Å². The lowest BCUT2D eigenvalue weighted by atomic mass is 10.2. The highest BCUT2D eigenvalue weighted by atomic mass is 32.1. The predicted molar refractivity (Wildman–Crippen MR) is 96.1 cm³/mol. The lowest BCUT2D eigenvalue weighted by Gasteiger charge is -2.26. The van der Waals surface area contributed by atoms with E-state index in [4.69, 9.17) is 16.6 Å². The quantitative estimate of drug-likeness (QED) is 0.797. The van der Waals surface area contributed by atoms with Crippen molar-refractivity contribution in [3.63, 3.8) is 0 Å². The van der Waals surface area contributed by atoms with Gasteiger partial charge in [-0.05, 0) is 55.8 Å². The third-order valence-corrected chi connectivity index (χ3v) is 4.49. The molecule has 3 rings (SSSR count). The van der Waals surface area contributed by atoms with Crippen molar-refractivity contribution in [2.75, 3.05) is 19.6 Å². The van der Waals surface area contributed by atoms with Crippen molar-refractivity contribution in [2.45, 2.75) is 25.4 Å². The summed E-state index contributed by atoms with van der Waals surface area (Å²) in [5, 5.41) is 7.28. The molecule has 1 aromatic heterocycles. The Morgan fingerprint density at radius 1 is 1.09 bits per heavy atom. The van der Waals surface area contributed by atoms with E-state index in [1.807, 2.05) is 30.3 Å². The number of likely N-dealkylation sites (tertiary alicyclic amines) is 1. The van der Waals surface area contributed by atoms with E-state index in [2.05, 4.69) is 27.7 Å². The highest BCUT2D eigenvalue weighted by Gasteiger charge is 2.25. The normalized spacial score (nSPS) is 16.2. The molecule has 1 saturated heterocycles. The first-order valence-electron chi connectivity index (χ1n) is 8.16. The van der Waals surface area contributed by atoms with Crippen LogP contribution in [0.5, 0.6) is 0 Å². The lowest BCUT2D eigenvalue weighted by molar-refractivity contribution is 0.215. The summed E-state index contributed by atoms with van der Waals surface area (Å²) in [6.45, 7) is 3.74. The van der Waals surface area contributed by atoms with Gasteiger partial charge in [0, 0.05) is 13.1 Å². The molecule has 23 heavy (non-hydrogen) atoms. The van der Waals surface area contributed by atoms with E-state index in [0.717, 1.165) is 31.9 Å². The molecule has 2 N–H and O–H groups in total. The Morgan fingerprint density at radius 3 is 2.57 bits per heavy atom. The number of benzene rings is 1. The van der Waals surface area contributed by atoms with Gasteiger partial charge in [0.2, 0.25) is 0 Å². The van der Waals surface area contributed by atoms with Crippen molar-refractivity contribution in [3.8, 4) is 0 Å².